The molecule has 24 heavy (non-hydrogen) atoms. The predicted octanol–water partition coefficient (Wildman–Crippen LogP) is 2.74. The number of carbonyl (C=O) groups is 1. The standard InChI is InChI=1S/C18H17FN2O3/c1-21(11-14-6-7-17(23-2)16(19)9-14)18(22)12-24-15-5-3-4-13(8-15)10-20/h3-9H,11-12H2,1-2H3. The second-order valence-corrected chi connectivity index (χ2v) is 5.15. The van der Waals surface area contributed by atoms with Crippen LogP contribution in [0.3, 0.4) is 0 Å². The normalized spacial score (nSPS) is 9.92. The lowest BCUT2D eigenvalue weighted by Gasteiger charge is -2.18. The summed E-state index contributed by atoms with van der Waals surface area (Å²) in [7, 11) is 3.01. The van der Waals surface area contributed by atoms with Gasteiger partial charge in [-0.2, -0.15) is 5.26 Å². The van der Waals surface area contributed by atoms with Gasteiger partial charge in [-0.15, -0.1) is 0 Å². The fourth-order valence-corrected chi connectivity index (χ4v) is 2.08. The minimum absolute atomic E-state index is 0.161. The van der Waals surface area contributed by atoms with E-state index in [0.29, 0.717) is 16.9 Å². The van der Waals surface area contributed by atoms with Crippen molar-refractivity contribution in [3.8, 4) is 17.6 Å². The van der Waals surface area contributed by atoms with E-state index in [2.05, 4.69) is 0 Å². The molecule has 0 aliphatic heterocycles. The van der Waals surface area contributed by atoms with E-state index in [9.17, 15) is 9.18 Å². The Morgan fingerprint density at radius 2 is 2.08 bits per heavy atom. The molecule has 0 spiro atoms. The molecule has 0 aliphatic rings. The first-order chi connectivity index (χ1) is 11.5. The number of methoxy groups -OCH3 is 1. The van der Waals surface area contributed by atoms with E-state index < -0.39 is 5.82 Å². The van der Waals surface area contributed by atoms with Crippen LogP contribution in [0, 0.1) is 17.1 Å². The summed E-state index contributed by atoms with van der Waals surface area (Å²) in [4.78, 5) is 13.5. The molecular weight excluding hydrogens is 311 g/mol. The first-order valence-corrected chi connectivity index (χ1v) is 7.23. The van der Waals surface area contributed by atoms with E-state index in [0.717, 1.165) is 0 Å². The molecule has 6 heteroatoms. The minimum atomic E-state index is -0.472. The van der Waals surface area contributed by atoms with Gasteiger partial charge in [0, 0.05) is 13.6 Å². The molecule has 0 saturated carbocycles. The van der Waals surface area contributed by atoms with Crippen LogP contribution >= 0.6 is 0 Å². The molecule has 0 bridgehead atoms. The number of rotatable bonds is 6. The van der Waals surface area contributed by atoms with E-state index >= 15 is 0 Å². The Bertz CT molecular complexity index is 771. The SMILES string of the molecule is COc1ccc(CN(C)C(=O)COc2cccc(C#N)c2)cc1F. The molecule has 0 aliphatic carbocycles. The molecule has 0 saturated heterocycles. The van der Waals surface area contributed by atoms with Crippen LogP contribution in [0.15, 0.2) is 42.5 Å². The van der Waals surface area contributed by atoms with E-state index in [-0.39, 0.29) is 24.8 Å². The van der Waals surface area contributed by atoms with Gasteiger partial charge >= 0.3 is 0 Å². The summed E-state index contributed by atoms with van der Waals surface area (Å²) in [5, 5.41) is 8.83. The number of nitriles is 1. The molecule has 0 aromatic heterocycles. The van der Waals surface area contributed by atoms with Gasteiger partial charge in [0.15, 0.2) is 18.2 Å². The van der Waals surface area contributed by atoms with Gasteiger partial charge in [-0.25, -0.2) is 4.39 Å². The largest absolute Gasteiger partial charge is 0.494 e. The van der Waals surface area contributed by atoms with Gasteiger partial charge in [0.05, 0.1) is 18.7 Å². The Kier molecular flexibility index (Phi) is 5.74. The molecule has 0 unspecified atom stereocenters. The molecule has 2 aromatic rings. The van der Waals surface area contributed by atoms with Crippen molar-refractivity contribution >= 4 is 5.91 Å². The summed E-state index contributed by atoms with van der Waals surface area (Å²) in [6, 6.07) is 13.1. The number of carbonyl (C=O) groups excluding carboxylic acids is 1. The summed E-state index contributed by atoms with van der Waals surface area (Å²) >= 11 is 0. The molecule has 0 atom stereocenters. The van der Waals surface area contributed by atoms with Crippen molar-refractivity contribution in [3.63, 3.8) is 0 Å². The quantitative estimate of drug-likeness (QED) is 0.818. The van der Waals surface area contributed by atoms with Crippen molar-refractivity contribution in [2.24, 2.45) is 0 Å². The number of benzene rings is 2. The number of hydrogen-bond donors (Lipinski definition) is 0. The smallest absolute Gasteiger partial charge is 0.260 e. The maximum absolute atomic E-state index is 13.7. The van der Waals surface area contributed by atoms with Gasteiger partial charge < -0.3 is 14.4 Å². The fraction of sp³-hybridized carbons (Fsp3) is 0.222. The minimum Gasteiger partial charge on any atom is -0.494 e. The van der Waals surface area contributed by atoms with Crippen LogP contribution in [0.25, 0.3) is 0 Å². The molecule has 0 heterocycles. The fourth-order valence-electron chi connectivity index (χ4n) is 2.08. The molecule has 5 nitrogen and oxygen atoms in total. The molecule has 124 valence electrons. The predicted molar refractivity (Wildman–Crippen MR) is 86.1 cm³/mol. The molecule has 2 rings (SSSR count). The third-order valence-electron chi connectivity index (χ3n) is 3.39. The van der Waals surface area contributed by atoms with E-state index in [4.69, 9.17) is 14.7 Å². The van der Waals surface area contributed by atoms with Crippen molar-refractivity contribution in [2.75, 3.05) is 20.8 Å². The maximum atomic E-state index is 13.7. The Morgan fingerprint density at radius 1 is 1.29 bits per heavy atom. The number of hydrogen-bond acceptors (Lipinski definition) is 4. The van der Waals surface area contributed by atoms with Gasteiger partial charge in [0.1, 0.15) is 5.75 Å². The number of likely N-dealkylation sites (N-methyl/N-ethyl adjacent to an activating group) is 1. The number of halogens is 1. The van der Waals surface area contributed by atoms with Crippen molar-refractivity contribution in [1.29, 1.82) is 5.26 Å². The summed E-state index contributed by atoms with van der Waals surface area (Å²) in [6.45, 7) is 0.0887. The lowest BCUT2D eigenvalue weighted by Crippen LogP contribution is -2.31. The van der Waals surface area contributed by atoms with Gasteiger partial charge in [-0.1, -0.05) is 12.1 Å². The highest BCUT2D eigenvalue weighted by Crippen LogP contribution is 2.18. The first kappa shape index (κ1) is 17.3. The highest BCUT2D eigenvalue weighted by Gasteiger charge is 2.12. The van der Waals surface area contributed by atoms with Crippen LogP contribution in [0.5, 0.6) is 11.5 Å². The molecule has 0 radical (unpaired) electrons. The number of nitrogens with zero attached hydrogens (tertiary/aromatic N) is 2. The van der Waals surface area contributed by atoms with Gasteiger partial charge in [-0.05, 0) is 35.9 Å². The Hall–Kier alpha value is -3.07. The molecule has 2 aromatic carbocycles. The van der Waals surface area contributed by atoms with E-state index in [1.165, 1.54) is 24.1 Å². The zero-order chi connectivity index (χ0) is 17.5. The first-order valence-electron chi connectivity index (χ1n) is 7.23. The maximum Gasteiger partial charge on any atom is 0.260 e. The highest BCUT2D eigenvalue weighted by atomic mass is 19.1. The average Bonchev–Trinajstić information content (AvgIpc) is 2.60. The molecule has 1 amide bonds. The van der Waals surface area contributed by atoms with Gasteiger partial charge in [0.2, 0.25) is 0 Å². The van der Waals surface area contributed by atoms with Crippen LogP contribution in [0.4, 0.5) is 4.39 Å². The van der Waals surface area contributed by atoms with Crippen molar-refractivity contribution in [3.05, 3.63) is 59.4 Å². The van der Waals surface area contributed by atoms with Crippen LogP contribution < -0.4 is 9.47 Å². The highest BCUT2D eigenvalue weighted by molar-refractivity contribution is 5.77. The summed E-state index contributed by atoms with van der Waals surface area (Å²) in [6.07, 6.45) is 0. The molecular formula is C18H17FN2O3. The number of ether oxygens (including phenoxy) is 2. The van der Waals surface area contributed by atoms with E-state index in [1.807, 2.05) is 6.07 Å². The lowest BCUT2D eigenvalue weighted by molar-refractivity contribution is -0.132. The second kappa shape index (κ2) is 7.97. The van der Waals surface area contributed by atoms with Crippen molar-refractivity contribution in [2.45, 2.75) is 6.54 Å². The van der Waals surface area contributed by atoms with Gasteiger partial charge in [-0.3, -0.25) is 4.79 Å². The lowest BCUT2D eigenvalue weighted by atomic mass is 10.2. The monoisotopic (exact) mass is 328 g/mol. The topological polar surface area (TPSA) is 62.6 Å². The molecule has 0 fully saturated rings. The van der Waals surface area contributed by atoms with Crippen molar-refractivity contribution < 1.29 is 18.7 Å². The van der Waals surface area contributed by atoms with Gasteiger partial charge in [0.25, 0.3) is 5.91 Å². The summed E-state index contributed by atoms with van der Waals surface area (Å²) < 4.78 is 23.9. The Labute approximate surface area is 139 Å². The summed E-state index contributed by atoms with van der Waals surface area (Å²) in [5.74, 6) is -0.117. The van der Waals surface area contributed by atoms with Crippen molar-refractivity contribution in [1.82, 2.24) is 4.90 Å². The third-order valence-corrected chi connectivity index (χ3v) is 3.39. The third kappa shape index (κ3) is 4.46. The zero-order valence-electron chi connectivity index (χ0n) is 13.5. The summed E-state index contributed by atoms with van der Waals surface area (Å²) in [5.41, 5.74) is 1.11. The average molecular weight is 328 g/mol. The molecule has 0 N–H and O–H groups in total. The van der Waals surface area contributed by atoms with E-state index in [1.54, 1.807) is 37.4 Å². The van der Waals surface area contributed by atoms with Crippen LogP contribution in [0.1, 0.15) is 11.1 Å². The Balaban J connectivity index is 1.92. The Morgan fingerprint density at radius 3 is 2.75 bits per heavy atom. The zero-order valence-corrected chi connectivity index (χ0v) is 13.5. The van der Waals surface area contributed by atoms with Crippen LogP contribution in [0.2, 0.25) is 0 Å². The van der Waals surface area contributed by atoms with Crippen LogP contribution in [-0.2, 0) is 11.3 Å². The van der Waals surface area contributed by atoms with Crippen LogP contribution in [-0.4, -0.2) is 31.6 Å². The number of amides is 1. The second-order valence-electron chi connectivity index (χ2n) is 5.15.